The van der Waals surface area contributed by atoms with Crippen LogP contribution >= 0.6 is 11.6 Å². The summed E-state index contributed by atoms with van der Waals surface area (Å²) in [6, 6.07) is 8.54. The highest BCUT2D eigenvalue weighted by atomic mass is 35.5. The van der Waals surface area contributed by atoms with Gasteiger partial charge in [-0.2, -0.15) is 0 Å². The van der Waals surface area contributed by atoms with E-state index in [0.717, 1.165) is 22.8 Å². The molecule has 118 valence electrons. The Hall–Kier alpha value is -0.490. The van der Waals surface area contributed by atoms with Gasteiger partial charge in [0.2, 0.25) is 0 Å². The third-order valence-electron chi connectivity index (χ3n) is 5.40. The molecule has 0 aliphatic heterocycles. The number of benzene rings is 1. The van der Waals surface area contributed by atoms with E-state index in [1.165, 1.54) is 63.4 Å². The summed E-state index contributed by atoms with van der Waals surface area (Å²) in [5.41, 5.74) is 1.50. The van der Waals surface area contributed by atoms with Crippen LogP contribution in [-0.4, -0.2) is 0 Å². The van der Waals surface area contributed by atoms with Crippen LogP contribution in [0, 0.1) is 11.8 Å². The third kappa shape index (κ3) is 5.33. The van der Waals surface area contributed by atoms with Crippen LogP contribution in [0.5, 0.6) is 0 Å². The first kappa shape index (κ1) is 16.9. The van der Waals surface area contributed by atoms with Gasteiger partial charge in [0.1, 0.15) is 0 Å². The van der Waals surface area contributed by atoms with E-state index < -0.39 is 0 Å². The van der Waals surface area contributed by atoms with Crippen molar-refractivity contribution in [3.05, 3.63) is 34.9 Å². The van der Waals surface area contributed by atoms with E-state index in [4.69, 9.17) is 11.6 Å². The minimum absolute atomic E-state index is 0.772. The number of halogens is 1. The topological polar surface area (TPSA) is 0 Å². The van der Waals surface area contributed by atoms with Gasteiger partial charge in [-0.05, 0) is 67.6 Å². The highest BCUT2D eigenvalue weighted by Gasteiger charge is 2.24. The van der Waals surface area contributed by atoms with Crippen LogP contribution in [-0.2, 0) is 0 Å². The Labute approximate surface area is 136 Å². The SMILES string of the molecule is CCCCC(CC)C[C@H]1CC[C@H](c2ccc(Cl)cc2)CC1. The summed E-state index contributed by atoms with van der Waals surface area (Å²) in [4.78, 5) is 0. The first-order valence-corrected chi connectivity index (χ1v) is 9.36. The molecule has 21 heavy (non-hydrogen) atoms. The van der Waals surface area contributed by atoms with Crippen LogP contribution < -0.4 is 0 Å². The van der Waals surface area contributed by atoms with E-state index in [1.54, 1.807) is 0 Å². The fourth-order valence-corrected chi connectivity index (χ4v) is 4.05. The number of hydrogen-bond donors (Lipinski definition) is 0. The molecule has 1 saturated carbocycles. The fourth-order valence-electron chi connectivity index (χ4n) is 3.92. The lowest BCUT2D eigenvalue weighted by atomic mass is 9.75. The number of hydrogen-bond acceptors (Lipinski definition) is 0. The van der Waals surface area contributed by atoms with Crippen molar-refractivity contribution in [3.63, 3.8) is 0 Å². The maximum atomic E-state index is 5.99. The van der Waals surface area contributed by atoms with Gasteiger partial charge >= 0.3 is 0 Å². The molecule has 0 heterocycles. The zero-order chi connectivity index (χ0) is 15.1. The van der Waals surface area contributed by atoms with Gasteiger partial charge in [-0.1, -0.05) is 63.3 Å². The molecule has 0 saturated heterocycles. The first-order chi connectivity index (χ1) is 10.2. The lowest BCUT2D eigenvalue weighted by molar-refractivity contribution is 0.256. The summed E-state index contributed by atoms with van der Waals surface area (Å²) in [5.74, 6) is 2.73. The second-order valence-electron chi connectivity index (χ2n) is 6.92. The first-order valence-electron chi connectivity index (χ1n) is 8.98. The molecular formula is C20H31Cl. The molecule has 1 aliphatic carbocycles. The third-order valence-corrected chi connectivity index (χ3v) is 5.65. The van der Waals surface area contributed by atoms with E-state index in [2.05, 4.69) is 26.0 Å². The predicted octanol–water partition coefficient (Wildman–Crippen LogP) is 7.22. The molecule has 1 aliphatic rings. The molecule has 0 radical (unpaired) electrons. The van der Waals surface area contributed by atoms with Gasteiger partial charge in [-0.25, -0.2) is 0 Å². The van der Waals surface area contributed by atoms with Crippen molar-refractivity contribution in [2.75, 3.05) is 0 Å². The van der Waals surface area contributed by atoms with Crippen LogP contribution in [0.4, 0.5) is 0 Å². The van der Waals surface area contributed by atoms with Crippen molar-refractivity contribution in [3.8, 4) is 0 Å². The van der Waals surface area contributed by atoms with Gasteiger partial charge in [0.15, 0.2) is 0 Å². The van der Waals surface area contributed by atoms with Gasteiger partial charge < -0.3 is 0 Å². The molecule has 1 aromatic carbocycles. The highest BCUT2D eigenvalue weighted by molar-refractivity contribution is 6.30. The van der Waals surface area contributed by atoms with Gasteiger partial charge in [-0.15, -0.1) is 0 Å². The summed E-state index contributed by atoms with van der Waals surface area (Å²) in [6.45, 7) is 4.68. The summed E-state index contributed by atoms with van der Waals surface area (Å²) in [6.07, 6.45) is 12.7. The lowest BCUT2D eigenvalue weighted by Crippen LogP contribution is -2.16. The molecule has 0 aromatic heterocycles. The Morgan fingerprint density at radius 2 is 1.71 bits per heavy atom. The van der Waals surface area contributed by atoms with Crippen LogP contribution in [0.3, 0.4) is 0 Å². The minimum Gasteiger partial charge on any atom is -0.0843 e. The maximum absolute atomic E-state index is 5.99. The molecule has 0 amide bonds. The Kier molecular flexibility index (Phi) is 7.10. The van der Waals surface area contributed by atoms with Crippen molar-refractivity contribution >= 4 is 11.6 Å². The van der Waals surface area contributed by atoms with Gasteiger partial charge in [0, 0.05) is 5.02 Å². The van der Waals surface area contributed by atoms with Crippen LogP contribution in [0.2, 0.25) is 5.02 Å². The van der Waals surface area contributed by atoms with E-state index in [0.29, 0.717) is 0 Å². The normalized spacial score (nSPS) is 24.0. The average molecular weight is 307 g/mol. The van der Waals surface area contributed by atoms with E-state index in [1.807, 2.05) is 12.1 Å². The van der Waals surface area contributed by atoms with Crippen LogP contribution in [0.1, 0.15) is 83.1 Å². The molecular weight excluding hydrogens is 276 g/mol. The van der Waals surface area contributed by atoms with Gasteiger partial charge in [0.25, 0.3) is 0 Å². The molecule has 0 nitrogen and oxygen atoms in total. The fraction of sp³-hybridized carbons (Fsp3) is 0.700. The van der Waals surface area contributed by atoms with Crippen molar-refractivity contribution in [1.29, 1.82) is 0 Å². The van der Waals surface area contributed by atoms with Gasteiger partial charge in [-0.3, -0.25) is 0 Å². The molecule has 1 fully saturated rings. The van der Waals surface area contributed by atoms with Crippen molar-refractivity contribution < 1.29 is 0 Å². The van der Waals surface area contributed by atoms with Crippen molar-refractivity contribution in [1.82, 2.24) is 0 Å². The quantitative estimate of drug-likeness (QED) is 0.499. The number of unbranched alkanes of at least 4 members (excludes halogenated alkanes) is 1. The Morgan fingerprint density at radius 1 is 1.05 bits per heavy atom. The summed E-state index contributed by atoms with van der Waals surface area (Å²) < 4.78 is 0. The lowest BCUT2D eigenvalue weighted by Gasteiger charge is -2.31. The Balaban J connectivity index is 1.78. The summed E-state index contributed by atoms with van der Waals surface area (Å²) in [7, 11) is 0. The molecule has 2 rings (SSSR count). The molecule has 1 unspecified atom stereocenters. The Morgan fingerprint density at radius 3 is 2.29 bits per heavy atom. The number of rotatable bonds is 7. The maximum Gasteiger partial charge on any atom is 0.0406 e. The molecule has 0 N–H and O–H groups in total. The molecule has 0 spiro atoms. The second kappa shape index (κ2) is 8.83. The molecule has 1 aromatic rings. The van der Waals surface area contributed by atoms with Crippen molar-refractivity contribution in [2.24, 2.45) is 11.8 Å². The standard InChI is InChI=1S/C20H31Cl/c1-3-5-6-16(4-2)15-17-7-9-18(10-8-17)19-11-13-20(21)14-12-19/h11-14,16-18H,3-10,15H2,1-2H3/t16?,17-,18-. The molecule has 1 heteroatoms. The predicted molar refractivity (Wildman–Crippen MR) is 94.1 cm³/mol. The van der Waals surface area contributed by atoms with E-state index >= 15 is 0 Å². The zero-order valence-electron chi connectivity index (χ0n) is 13.8. The Bertz CT molecular complexity index is 387. The zero-order valence-corrected chi connectivity index (χ0v) is 14.5. The smallest absolute Gasteiger partial charge is 0.0406 e. The highest BCUT2D eigenvalue weighted by Crippen LogP contribution is 2.39. The molecule has 0 bridgehead atoms. The summed E-state index contributed by atoms with van der Waals surface area (Å²) >= 11 is 5.99. The summed E-state index contributed by atoms with van der Waals surface area (Å²) in [5, 5.41) is 0.856. The second-order valence-corrected chi connectivity index (χ2v) is 7.36. The van der Waals surface area contributed by atoms with E-state index in [-0.39, 0.29) is 0 Å². The molecule has 1 atom stereocenters. The van der Waals surface area contributed by atoms with E-state index in [9.17, 15) is 0 Å². The average Bonchev–Trinajstić information content (AvgIpc) is 2.53. The largest absolute Gasteiger partial charge is 0.0843 e. The minimum atomic E-state index is 0.772. The van der Waals surface area contributed by atoms with Gasteiger partial charge in [0.05, 0.1) is 0 Å². The van der Waals surface area contributed by atoms with Crippen molar-refractivity contribution in [2.45, 2.75) is 77.6 Å². The monoisotopic (exact) mass is 306 g/mol. The van der Waals surface area contributed by atoms with Crippen LogP contribution in [0.25, 0.3) is 0 Å². The van der Waals surface area contributed by atoms with Crippen LogP contribution in [0.15, 0.2) is 24.3 Å².